The molecule has 9 heteroatoms. The molecule has 1 aromatic heterocycles. The maximum absolute atomic E-state index is 12.6. The third-order valence-corrected chi connectivity index (χ3v) is 7.05. The number of unbranched alkanes of at least 4 members (excludes halogenated alkanes) is 7. The molecule has 1 fully saturated rings. The number of aromatic nitrogens is 2. The number of hydrogen-bond donors (Lipinski definition) is 2. The van der Waals surface area contributed by atoms with Gasteiger partial charge in [-0.3, -0.25) is 18.9 Å². The average Bonchev–Trinajstić information content (AvgIpc) is 3.29. The third-order valence-electron chi connectivity index (χ3n) is 5.62. The number of rotatable bonds is 14. The van der Waals surface area contributed by atoms with Gasteiger partial charge in [-0.25, -0.2) is 9.88 Å². The Hall–Kier alpha value is -2.53. The number of nitrogens with zero attached hydrogens (tertiary/aromatic N) is 1. The van der Waals surface area contributed by atoms with E-state index in [0.717, 1.165) is 44.9 Å². The summed E-state index contributed by atoms with van der Waals surface area (Å²) in [7, 11) is -2.96. The molecule has 2 N–H and O–H groups in total. The second-order valence-corrected chi connectivity index (χ2v) is 10.9. The maximum Gasteiger partial charge on any atom is 0.330 e. The number of nitrogens with one attached hydrogen (secondary N) is 2. The standard InChI is InChI=1S/C26H36N3O5P/c1-4-6-8-10-11-12-13-14-16-22-21-29(26(31)28-25(22)30)24-18-17-23(34-24)20-27-35(3,32)33-19-15-9-7-5-2/h1-2,21,23-24H,6-13,15,17-20H2,3H3,(H,27,32)(H,28,30,31)/t23-,24+,35?/m0/s1. The molecule has 3 atom stereocenters. The Labute approximate surface area is 208 Å². The molecule has 0 aromatic carbocycles. The molecule has 1 saturated heterocycles. The SMILES string of the molecule is C#CCCCCCCC#Cc1cn([C@H]2CC[C@@H](CNP(C)(=O)OCCCCC#C)O2)c(=O)[nH]c1=O. The zero-order valence-electron chi connectivity index (χ0n) is 20.5. The Bertz CT molecular complexity index is 1120. The van der Waals surface area contributed by atoms with Crippen LogP contribution in [0.2, 0.25) is 0 Å². The normalized spacial score (nSPS) is 18.7. The minimum atomic E-state index is -2.96. The molecule has 0 saturated carbocycles. The van der Waals surface area contributed by atoms with E-state index in [1.807, 2.05) is 0 Å². The van der Waals surface area contributed by atoms with Crippen LogP contribution < -0.4 is 16.3 Å². The number of H-pyrrole nitrogens is 1. The summed E-state index contributed by atoms with van der Waals surface area (Å²) in [6.07, 6.45) is 20.2. The van der Waals surface area contributed by atoms with Gasteiger partial charge in [0.1, 0.15) is 11.8 Å². The predicted octanol–water partition coefficient (Wildman–Crippen LogP) is 3.77. The Morgan fingerprint density at radius 2 is 1.80 bits per heavy atom. The van der Waals surface area contributed by atoms with Crippen LogP contribution in [0.15, 0.2) is 15.8 Å². The van der Waals surface area contributed by atoms with Crippen molar-refractivity contribution in [3.05, 3.63) is 32.6 Å². The average molecular weight is 502 g/mol. The highest BCUT2D eigenvalue weighted by molar-refractivity contribution is 7.56. The summed E-state index contributed by atoms with van der Waals surface area (Å²) in [6.45, 7) is 2.25. The van der Waals surface area contributed by atoms with Crippen LogP contribution in [0.1, 0.15) is 82.4 Å². The van der Waals surface area contributed by atoms with Crippen LogP contribution in [-0.2, 0) is 13.8 Å². The predicted molar refractivity (Wildman–Crippen MR) is 138 cm³/mol. The van der Waals surface area contributed by atoms with Crippen LogP contribution in [0.3, 0.4) is 0 Å². The van der Waals surface area contributed by atoms with Crippen LogP contribution in [0.4, 0.5) is 0 Å². The molecule has 0 amide bonds. The molecular weight excluding hydrogens is 465 g/mol. The fourth-order valence-corrected chi connectivity index (χ4v) is 4.77. The lowest BCUT2D eigenvalue weighted by atomic mass is 10.1. The van der Waals surface area contributed by atoms with E-state index in [9.17, 15) is 14.2 Å². The van der Waals surface area contributed by atoms with Crippen LogP contribution >= 0.6 is 7.52 Å². The monoisotopic (exact) mass is 501 g/mol. The quantitative estimate of drug-likeness (QED) is 0.229. The van der Waals surface area contributed by atoms with Crippen molar-refractivity contribution in [3.8, 4) is 36.5 Å². The van der Waals surface area contributed by atoms with Gasteiger partial charge in [-0.05, 0) is 38.5 Å². The van der Waals surface area contributed by atoms with E-state index >= 15 is 0 Å². The number of aromatic amines is 1. The smallest absolute Gasteiger partial charge is 0.330 e. The molecule has 0 bridgehead atoms. The van der Waals surface area contributed by atoms with Crippen molar-refractivity contribution in [1.82, 2.24) is 14.6 Å². The highest BCUT2D eigenvalue weighted by atomic mass is 31.2. The lowest BCUT2D eigenvalue weighted by molar-refractivity contribution is 0.00166. The van der Waals surface area contributed by atoms with Crippen LogP contribution in [0.25, 0.3) is 0 Å². The molecule has 1 unspecified atom stereocenters. The van der Waals surface area contributed by atoms with Gasteiger partial charge in [0, 0.05) is 38.7 Å². The van der Waals surface area contributed by atoms with Gasteiger partial charge in [0.05, 0.1) is 12.7 Å². The minimum Gasteiger partial charge on any atom is -0.353 e. The highest BCUT2D eigenvalue weighted by Crippen LogP contribution is 2.38. The van der Waals surface area contributed by atoms with E-state index in [1.165, 1.54) is 17.4 Å². The first-order valence-corrected chi connectivity index (χ1v) is 14.3. The summed E-state index contributed by atoms with van der Waals surface area (Å²) in [6, 6.07) is 0. The van der Waals surface area contributed by atoms with E-state index in [4.69, 9.17) is 22.1 Å². The molecule has 2 heterocycles. The Kier molecular flexibility index (Phi) is 12.7. The van der Waals surface area contributed by atoms with E-state index in [2.05, 4.69) is 33.8 Å². The first-order valence-electron chi connectivity index (χ1n) is 12.2. The summed E-state index contributed by atoms with van der Waals surface area (Å²) in [5, 5.41) is 2.95. The lowest BCUT2D eigenvalue weighted by Crippen LogP contribution is -2.34. The van der Waals surface area contributed by atoms with Crippen molar-refractivity contribution in [2.24, 2.45) is 0 Å². The van der Waals surface area contributed by atoms with Gasteiger partial charge >= 0.3 is 5.69 Å². The molecule has 1 aliphatic rings. The van der Waals surface area contributed by atoms with Gasteiger partial charge in [-0.15, -0.1) is 24.7 Å². The number of hydrogen-bond acceptors (Lipinski definition) is 5. The topological polar surface area (TPSA) is 102 Å². The summed E-state index contributed by atoms with van der Waals surface area (Å²) < 4.78 is 25.4. The first kappa shape index (κ1) is 28.7. The van der Waals surface area contributed by atoms with Gasteiger partial charge in [-0.1, -0.05) is 24.7 Å². The second-order valence-electron chi connectivity index (χ2n) is 8.62. The van der Waals surface area contributed by atoms with Crippen molar-refractivity contribution in [1.29, 1.82) is 0 Å². The summed E-state index contributed by atoms with van der Waals surface area (Å²) in [5.74, 6) is 11.1. The molecule has 0 spiro atoms. The largest absolute Gasteiger partial charge is 0.353 e. The van der Waals surface area contributed by atoms with Crippen molar-refractivity contribution in [2.75, 3.05) is 19.8 Å². The van der Waals surface area contributed by atoms with Crippen LogP contribution in [0.5, 0.6) is 0 Å². The number of terminal acetylenes is 2. The van der Waals surface area contributed by atoms with Gasteiger partial charge in [0.2, 0.25) is 0 Å². The molecule has 190 valence electrons. The lowest BCUT2D eigenvalue weighted by Gasteiger charge is -2.19. The molecule has 0 aliphatic carbocycles. The van der Waals surface area contributed by atoms with E-state index < -0.39 is 25.0 Å². The Balaban J connectivity index is 1.86. The van der Waals surface area contributed by atoms with Crippen molar-refractivity contribution >= 4 is 7.52 Å². The maximum atomic E-state index is 12.6. The van der Waals surface area contributed by atoms with Crippen molar-refractivity contribution in [2.45, 2.75) is 83.0 Å². The van der Waals surface area contributed by atoms with E-state index in [0.29, 0.717) is 38.8 Å². The fourth-order valence-electron chi connectivity index (χ4n) is 3.66. The summed E-state index contributed by atoms with van der Waals surface area (Å²) in [4.78, 5) is 26.9. The van der Waals surface area contributed by atoms with Gasteiger partial charge in [0.15, 0.2) is 0 Å². The zero-order valence-corrected chi connectivity index (χ0v) is 21.4. The molecule has 35 heavy (non-hydrogen) atoms. The first-order chi connectivity index (χ1) is 16.9. The van der Waals surface area contributed by atoms with Crippen LogP contribution in [0, 0.1) is 36.5 Å². The third kappa shape index (κ3) is 10.7. The minimum absolute atomic E-state index is 0.235. The van der Waals surface area contributed by atoms with E-state index in [1.54, 1.807) is 0 Å². The van der Waals surface area contributed by atoms with E-state index in [-0.39, 0.29) is 11.7 Å². The van der Waals surface area contributed by atoms with Gasteiger partial charge in [0.25, 0.3) is 13.1 Å². The Morgan fingerprint density at radius 3 is 2.51 bits per heavy atom. The second kappa shape index (κ2) is 15.5. The van der Waals surface area contributed by atoms with Gasteiger partial charge < -0.3 is 9.26 Å². The number of ether oxygens (including phenoxy) is 1. The van der Waals surface area contributed by atoms with Crippen molar-refractivity contribution < 1.29 is 13.8 Å². The molecule has 0 radical (unpaired) electrons. The van der Waals surface area contributed by atoms with Crippen molar-refractivity contribution in [3.63, 3.8) is 0 Å². The molecule has 8 nitrogen and oxygen atoms in total. The highest BCUT2D eigenvalue weighted by Gasteiger charge is 2.29. The molecule has 2 rings (SSSR count). The summed E-state index contributed by atoms with van der Waals surface area (Å²) >= 11 is 0. The summed E-state index contributed by atoms with van der Waals surface area (Å²) in [5.41, 5.74) is -0.808. The zero-order chi connectivity index (χ0) is 25.5. The fraction of sp³-hybridized carbons (Fsp3) is 0.615. The molecule has 1 aromatic rings. The van der Waals surface area contributed by atoms with Gasteiger partial charge in [-0.2, -0.15) is 0 Å². The van der Waals surface area contributed by atoms with Crippen LogP contribution in [-0.4, -0.2) is 35.5 Å². The molecular formula is C26H36N3O5P. The Morgan fingerprint density at radius 1 is 1.11 bits per heavy atom. The molecule has 1 aliphatic heterocycles.